The van der Waals surface area contributed by atoms with Crippen LogP contribution in [-0.2, 0) is 6.54 Å². The van der Waals surface area contributed by atoms with Crippen LogP contribution in [0.25, 0.3) is 0 Å². The van der Waals surface area contributed by atoms with E-state index in [1.807, 2.05) is 0 Å². The van der Waals surface area contributed by atoms with Crippen molar-refractivity contribution >= 4 is 5.69 Å². The van der Waals surface area contributed by atoms with Crippen molar-refractivity contribution in [2.45, 2.75) is 13.0 Å². The molecule has 0 aliphatic rings. The van der Waals surface area contributed by atoms with E-state index in [9.17, 15) is 8.78 Å². The predicted molar refractivity (Wildman–Crippen MR) is 65.8 cm³/mol. The van der Waals surface area contributed by atoms with E-state index in [2.05, 4.69) is 0 Å². The molecule has 4 nitrogen and oxygen atoms in total. The predicted octanol–water partition coefficient (Wildman–Crippen LogP) is 1.34. The quantitative estimate of drug-likeness (QED) is 0.726. The van der Waals surface area contributed by atoms with E-state index in [0.717, 1.165) is 5.56 Å². The highest BCUT2D eigenvalue weighted by Crippen LogP contribution is 2.19. The summed E-state index contributed by atoms with van der Waals surface area (Å²) in [6, 6.07) is 5.11. The average molecular weight is 260 g/mol. The highest BCUT2D eigenvalue weighted by atomic mass is 19.3. The van der Waals surface area contributed by atoms with E-state index < -0.39 is 6.43 Å². The van der Waals surface area contributed by atoms with Crippen molar-refractivity contribution in [2.75, 3.05) is 32.5 Å². The largest absolute Gasteiger partial charge is 0.497 e. The van der Waals surface area contributed by atoms with Crippen LogP contribution in [0.3, 0.4) is 0 Å². The lowest BCUT2D eigenvalue weighted by molar-refractivity contribution is 0.0746. The Hall–Kier alpha value is -1.40. The Morgan fingerprint density at radius 1 is 1.39 bits per heavy atom. The Morgan fingerprint density at radius 2 is 2.11 bits per heavy atom. The number of hydrogen-bond acceptors (Lipinski definition) is 4. The van der Waals surface area contributed by atoms with Crippen molar-refractivity contribution in [3.05, 3.63) is 23.8 Å². The van der Waals surface area contributed by atoms with Gasteiger partial charge in [0.2, 0.25) is 0 Å². The highest BCUT2D eigenvalue weighted by molar-refractivity contribution is 5.47. The summed E-state index contributed by atoms with van der Waals surface area (Å²) in [7, 11) is 1.52. The summed E-state index contributed by atoms with van der Waals surface area (Å²) >= 11 is 0. The molecule has 0 aliphatic heterocycles. The first kappa shape index (κ1) is 14.7. The summed E-state index contributed by atoms with van der Waals surface area (Å²) in [5, 5.41) is 8.85. The van der Waals surface area contributed by atoms with Gasteiger partial charge in [-0.15, -0.1) is 0 Å². The third-order valence-corrected chi connectivity index (χ3v) is 2.44. The summed E-state index contributed by atoms with van der Waals surface area (Å²) in [5.74, 6) is 0.589. The molecule has 0 heterocycles. The van der Waals surface area contributed by atoms with Gasteiger partial charge < -0.3 is 15.6 Å². The fourth-order valence-electron chi connectivity index (χ4n) is 1.72. The zero-order valence-electron chi connectivity index (χ0n) is 10.3. The average Bonchev–Trinajstić information content (AvgIpc) is 2.27. The van der Waals surface area contributed by atoms with Gasteiger partial charge in [0, 0.05) is 24.8 Å². The van der Waals surface area contributed by atoms with Gasteiger partial charge in [0.1, 0.15) is 5.75 Å². The zero-order chi connectivity index (χ0) is 13.5. The van der Waals surface area contributed by atoms with Crippen molar-refractivity contribution in [2.24, 2.45) is 0 Å². The normalized spacial score (nSPS) is 11.2. The molecule has 0 saturated heterocycles. The second-order valence-electron chi connectivity index (χ2n) is 3.96. The number of aliphatic hydroxyl groups is 1. The molecular formula is C12H18F2N2O2. The summed E-state index contributed by atoms with van der Waals surface area (Å²) in [6.07, 6.45) is -2.43. The number of nitrogens with two attached hydrogens (primary N) is 1. The molecule has 6 heteroatoms. The Kier molecular flexibility index (Phi) is 5.80. The second-order valence-corrected chi connectivity index (χ2v) is 3.96. The highest BCUT2D eigenvalue weighted by Gasteiger charge is 2.12. The van der Waals surface area contributed by atoms with Gasteiger partial charge in [-0.3, -0.25) is 4.90 Å². The standard InChI is InChI=1S/C12H18F2N2O2/c1-18-11-5-9(4-10(15)6-11)7-16(2-3-17)8-12(13)14/h4-6,12,17H,2-3,7-8,15H2,1H3. The molecule has 18 heavy (non-hydrogen) atoms. The van der Waals surface area contributed by atoms with Gasteiger partial charge in [0.25, 0.3) is 6.43 Å². The number of halogens is 2. The molecule has 0 spiro atoms. The molecule has 0 saturated carbocycles. The van der Waals surface area contributed by atoms with Crippen LogP contribution in [0.4, 0.5) is 14.5 Å². The minimum absolute atomic E-state index is 0.161. The van der Waals surface area contributed by atoms with Crippen LogP contribution in [0.1, 0.15) is 5.56 Å². The fourth-order valence-corrected chi connectivity index (χ4v) is 1.72. The molecular weight excluding hydrogens is 242 g/mol. The lowest BCUT2D eigenvalue weighted by Crippen LogP contribution is -2.31. The Labute approximate surface area is 105 Å². The first-order chi connectivity index (χ1) is 8.55. The van der Waals surface area contributed by atoms with Crippen LogP contribution >= 0.6 is 0 Å². The topological polar surface area (TPSA) is 58.7 Å². The summed E-state index contributed by atoms with van der Waals surface area (Å²) < 4.78 is 29.8. The van der Waals surface area contributed by atoms with Crippen LogP contribution in [-0.4, -0.2) is 43.2 Å². The van der Waals surface area contributed by atoms with Crippen LogP contribution in [0.15, 0.2) is 18.2 Å². The molecule has 0 bridgehead atoms. The van der Waals surface area contributed by atoms with Gasteiger partial charge in [-0.2, -0.15) is 0 Å². The lowest BCUT2D eigenvalue weighted by atomic mass is 10.1. The number of hydrogen-bond donors (Lipinski definition) is 2. The third kappa shape index (κ3) is 4.85. The van der Waals surface area contributed by atoms with Crippen LogP contribution in [0.5, 0.6) is 5.75 Å². The molecule has 1 aromatic carbocycles. The first-order valence-corrected chi connectivity index (χ1v) is 5.60. The Bertz CT molecular complexity index is 375. The summed E-state index contributed by atoms with van der Waals surface area (Å²) in [5.41, 5.74) is 6.99. The number of benzene rings is 1. The molecule has 0 aromatic heterocycles. The van der Waals surface area contributed by atoms with E-state index in [1.54, 1.807) is 18.2 Å². The van der Waals surface area contributed by atoms with E-state index in [-0.39, 0.29) is 19.7 Å². The number of aliphatic hydroxyl groups excluding tert-OH is 1. The molecule has 0 fully saturated rings. The summed E-state index contributed by atoms with van der Waals surface area (Å²) in [4.78, 5) is 1.47. The minimum atomic E-state index is -2.43. The second kappa shape index (κ2) is 7.13. The Balaban J connectivity index is 2.75. The summed E-state index contributed by atoms with van der Waals surface area (Å²) in [6.45, 7) is -0.0440. The monoisotopic (exact) mass is 260 g/mol. The van der Waals surface area contributed by atoms with E-state index >= 15 is 0 Å². The number of anilines is 1. The van der Waals surface area contributed by atoms with E-state index in [4.69, 9.17) is 15.6 Å². The van der Waals surface area contributed by atoms with Crippen LogP contribution in [0.2, 0.25) is 0 Å². The SMILES string of the molecule is COc1cc(N)cc(CN(CCO)CC(F)F)c1. The van der Waals surface area contributed by atoms with Crippen molar-refractivity contribution in [1.29, 1.82) is 0 Å². The molecule has 3 N–H and O–H groups in total. The number of nitrogens with zero attached hydrogens (tertiary/aromatic N) is 1. The molecule has 102 valence electrons. The number of nitrogen functional groups attached to an aromatic ring is 1. The zero-order valence-corrected chi connectivity index (χ0v) is 10.3. The number of alkyl halides is 2. The molecule has 0 amide bonds. The van der Waals surface area contributed by atoms with Gasteiger partial charge >= 0.3 is 0 Å². The maximum atomic E-state index is 12.4. The number of rotatable bonds is 7. The minimum Gasteiger partial charge on any atom is -0.497 e. The smallest absolute Gasteiger partial charge is 0.251 e. The van der Waals surface area contributed by atoms with Gasteiger partial charge in [-0.05, 0) is 17.7 Å². The van der Waals surface area contributed by atoms with Gasteiger partial charge in [0.05, 0.1) is 20.3 Å². The molecule has 0 unspecified atom stereocenters. The molecule has 1 aromatic rings. The Morgan fingerprint density at radius 3 is 2.67 bits per heavy atom. The van der Waals surface area contributed by atoms with Gasteiger partial charge in [-0.1, -0.05) is 0 Å². The molecule has 0 radical (unpaired) electrons. The van der Waals surface area contributed by atoms with Crippen molar-refractivity contribution in [3.63, 3.8) is 0 Å². The maximum Gasteiger partial charge on any atom is 0.251 e. The third-order valence-electron chi connectivity index (χ3n) is 2.44. The van der Waals surface area contributed by atoms with Crippen LogP contribution < -0.4 is 10.5 Å². The van der Waals surface area contributed by atoms with Gasteiger partial charge in [-0.25, -0.2) is 8.78 Å². The fraction of sp³-hybridized carbons (Fsp3) is 0.500. The lowest BCUT2D eigenvalue weighted by Gasteiger charge is -2.21. The maximum absolute atomic E-state index is 12.4. The van der Waals surface area contributed by atoms with Crippen molar-refractivity contribution in [3.8, 4) is 5.75 Å². The van der Waals surface area contributed by atoms with E-state index in [1.165, 1.54) is 12.0 Å². The van der Waals surface area contributed by atoms with Crippen molar-refractivity contribution in [1.82, 2.24) is 4.90 Å². The van der Waals surface area contributed by atoms with Crippen LogP contribution in [0, 0.1) is 0 Å². The van der Waals surface area contributed by atoms with Crippen molar-refractivity contribution < 1.29 is 18.6 Å². The molecule has 0 atom stereocenters. The van der Waals surface area contributed by atoms with E-state index in [0.29, 0.717) is 18.0 Å². The molecule has 0 aliphatic carbocycles. The number of ether oxygens (including phenoxy) is 1. The first-order valence-electron chi connectivity index (χ1n) is 5.60. The number of methoxy groups -OCH3 is 1. The van der Waals surface area contributed by atoms with Gasteiger partial charge in [0.15, 0.2) is 0 Å². The molecule has 1 rings (SSSR count).